The van der Waals surface area contributed by atoms with Gasteiger partial charge in [-0.2, -0.15) is 0 Å². The number of rotatable bonds is 35. The summed E-state index contributed by atoms with van der Waals surface area (Å²) in [5, 5.41) is 2.81. The number of nitrogens with zero attached hydrogens (tertiary/aromatic N) is 1. The maximum absolute atomic E-state index is 13.2. The zero-order valence-corrected chi connectivity index (χ0v) is 34.5. The zero-order valence-electron chi connectivity index (χ0n) is 34.5. The Morgan fingerprint density at radius 3 is 1.31 bits per heavy atom. The Bertz CT molecular complexity index is 851. The highest BCUT2D eigenvalue weighted by molar-refractivity contribution is 5.76. The Labute approximate surface area is 317 Å². The maximum Gasteiger partial charge on any atom is 0.407 e. The highest BCUT2D eigenvalue weighted by Crippen LogP contribution is 2.13. The minimum absolute atomic E-state index is 0.275. The van der Waals surface area contributed by atoms with Gasteiger partial charge in [0.05, 0.1) is 0 Å². The van der Waals surface area contributed by atoms with Crippen LogP contribution < -0.4 is 5.32 Å². The molecule has 0 saturated carbocycles. The van der Waals surface area contributed by atoms with Crippen LogP contribution in [0, 0.1) is 0 Å². The zero-order chi connectivity index (χ0) is 37.5. The molecule has 0 unspecified atom stereocenters. The monoisotopic (exact) mass is 713 g/mol. The fourth-order valence-corrected chi connectivity index (χ4v) is 6.01. The normalized spacial score (nSPS) is 12.3. The van der Waals surface area contributed by atoms with Crippen molar-refractivity contribution in [3.63, 3.8) is 0 Å². The van der Waals surface area contributed by atoms with Crippen molar-refractivity contribution in [1.82, 2.24) is 10.2 Å². The largest absolute Gasteiger partial charge is 0.444 e. The van der Waals surface area contributed by atoms with Crippen LogP contribution in [0.4, 0.5) is 4.79 Å². The van der Waals surface area contributed by atoms with Gasteiger partial charge in [-0.05, 0) is 111 Å². The van der Waals surface area contributed by atoms with Crippen molar-refractivity contribution >= 4 is 12.0 Å². The third-order valence-corrected chi connectivity index (χ3v) is 9.10. The molecular formula is C46H84N2O3. The van der Waals surface area contributed by atoms with Crippen LogP contribution in [0.25, 0.3) is 0 Å². The first-order valence-electron chi connectivity index (χ1n) is 21.6. The molecule has 0 spiro atoms. The van der Waals surface area contributed by atoms with Gasteiger partial charge < -0.3 is 15.0 Å². The number of carbonyl (C=O) groups excluding carboxylic acids is 2. The topological polar surface area (TPSA) is 58.6 Å². The second-order valence-electron chi connectivity index (χ2n) is 15.4. The van der Waals surface area contributed by atoms with E-state index in [-0.39, 0.29) is 12.0 Å². The van der Waals surface area contributed by atoms with E-state index in [4.69, 9.17) is 4.74 Å². The molecule has 0 heterocycles. The van der Waals surface area contributed by atoms with Gasteiger partial charge >= 0.3 is 6.09 Å². The van der Waals surface area contributed by atoms with Crippen LogP contribution in [0.1, 0.15) is 208 Å². The summed E-state index contributed by atoms with van der Waals surface area (Å²) in [6, 6.07) is 0. The van der Waals surface area contributed by atoms with E-state index in [2.05, 4.69) is 72.7 Å². The smallest absolute Gasteiger partial charge is 0.407 e. The summed E-state index contributed by atoms with van der Waals surface area (Å²) in [7, 11) is 0. The number of alkyl carbamates (subject to hydrolysis) is 1. The standard InChI is InChI=1S/C46H84N2O3/c1-6-8-10-12-14-16-18-20-22-24-26-28-30-32-34-38-42-48(44(49)40-36-37-41-47-45(50)51-46(3,4)5)43-39-35-33-31-29-27-25-23-21-19-17-15-13-11-9-7-2/h14-17,20-23H,6-13,18-19,24-43H2,1-5H3,(H,47,50). The average molecular weight is 713 g/mol. The molecule has 5 heteroatoms. The first-order valence-corrected chi connectivity index (χ1v) is 21.6. The molecule has 0 aromatic heterocycles. The summed E-state index contributed by atoms with van der Waals surface area (Å²) >= 11 is 0. The number of hydrogen-bond donors (Lipinski definition) is 1. The summed E-state index contributed by atoms with van der Waals surface area (Å²) in [4.78, 5) is 27.2. The molecule has 2 amide bonds. The number of allylic oxidation sites excluding steroid dienone is 8. The Hall–Kier alpha value is -2.30. The van der Waals surface area contributed by atoms with Gasteiger partial charge in [0.1, 0.15) is 5.60 Å². The summed E-state index contributed by atoms with van der Waals surface area (Å²) in [6.07, 6.45) is 50.0. The second kappa shape index (κ2) is 37.5. The third kappa shape index (κ3) is 38.8. The van der Waals surface area contributed by atoms with Crippen LogP contribution in [0.5, 0.6) is 0 Å². The van der Waals surface area contributed by atoms with Crippen LogP contribution in [-0.4, -0.2) is 42.1 Å². The lowest BCUT2D eigenvalue weighted by Crippen LogP contribution is -2.34. The van der Waals surface area contributed by atoms with Gasteiger partial charge in [0, 0.05) is 26.1 Å². The molecule has 5 nitrogen and oxygen atoms in total. The molecule has 0 fully saturated rings. The fraction of sp³-hybridized carbons (Fsp3) is 0.783. The van der Waals surface area contributed by atoms with E-state index >= 15 is 0 Å². The third-order valence-electron chi connectivity index (χ3n) is 9.10. The van der Waals surface area contributed by atoms with Gasteiger partial charge in [-0.1, -0.05) is 140 Å². The molecule has 0 aromatic rings. The Morgan fingerprint density at radius 1 is 0.510 bits per heavy atom. The molecule has 51 heavy (non-hydrogen) atoms. The van der Waals surface area contributed by atoms with Crippen molar-refractivity contribution in [2.75, 3.05) is 19.6 Å². The van der Waals surface area contributed by atoms with Gasteiger partial charge in [0.15, 0.2) is 0 Å². The van der Waals surface area contributed by atoms with Crippen molar-refractivity contribution in [2.24, 2.45) is 0 Å². The number of nitrogens with one attached hydrogen (secondary N) is 1. The van der Waals surface area contributed by atoms with E-state index in [1.165, 1.54) is 128 Å². The molecule has 296 valence electrons. The Morgan fingerprint density at radius 2 is 0.902 bits per heavy atom. The molecule has 0 aliphatic heterocycles. The Kier molecular flexibility index (Phi) is 35.8. The van der Waals surface area contributed by atoms with E-state index in [0.717, 1.165) is 51.6 Å². The summed E-state index contributed by atoms with van der Waals surface area (Å²) < 4.78 is 5.31. The molecule has 0 aromatic carbocycles. The maximum atomic E-state index is 13.2. The molecule has 0 aliphatic carbocycles. The van der Waals surface area contributed by atoms with Crippen molar-refractivity contribution < 1.29 is 14.3 Å². The lowest BCUT2D eigenvalue weighted by molar-refractivity contribution is -0.131. The van der Waals surface area contributed by atoms with E-state index in [1.807, 2.05) is 20.8 Å². The minimum atomic E-state index is -0.495. The van der Waals surface area contributed by atoms with Crippen LogP contribution >= 0.6 is 0 Å². The number of carbonyl (C=O) groups is 2. The number of hydrogen-bond acceptors (Lipinski definition) is 3. The second-order valence-corrected chi connectivity index (χ2v) is 15.4. The summed E-state index contributed by atoms with van der Waals surface area (Å²) in [6.45, 7) is 12.4. The molecule has 0 aliphatic rings. The van der Waals surface area contributed by atoms with Crippen LogP contribution in [-0.2, 0) is 9.53 Å². The number of unbranched alkanes of at least 4 members (excludes halogenated alkanes) is 19. The van der Waals surface area contributed by atoms with Crippen molar-refractivity contribution in [3.8, 4) is 0 Å². The lowest BCUT2D eigenvalue weighted by Gasteiger charge is -2.23. The fourth-order valence-electron chi connectivity index (χ4n) is 6.01. The van der Waals surface area contributed by atoms with Crippen molar-refractivity contribution in [2.45, 2.75) is 214 Å². The Balaban J connectivity index is 4.26. The SMILES string of the molecule is CCCCCC=CCC=CCCCCCCCCN(CCCCCCCCC=CCC=CCCCCC)C(=O)CCCCNC(=O)OC(C)(C)C. The predicted molar refractivity (Wildman–Crippen MR) is 223 cm³/mol. The van der Waals surface area contributed by atoms with E-state index < -0.39 is 5.60 Å². The van der Waals surface area contributed by atoms with Crippen molar-refractivity contribution in [3.05, 3.63) is 48.6 Å². The number of amides is 2. The highest BCUT2D eigenvalue weighted by Gasteiger charge is 2.16. The molecule has 0 saturated heterocycles. The van der Waals surface area contributed by atoms with Gasteiger partial charge in [-0.15, -0.1) is 0 Å². The van der Waals surface area contributed by atoms with Gasteiger partial charge in [0.25, 0.3) is 0 Å². The minimum Gasteiger partial charge on any atom is -0.444 e. The van der Waals surface area contributed by atoms with E-state index in [0.29, 0.717) is 13.0 Å². The molecule has 1 N–H and O–H groups in total. The first kappa shape index (κ1) is 48.7. The molecular weight excluding hydrogens is 629 g/mol. The molecule has 0 bridgehead atoms. The predicted octanol–water partition coefficient (Wildman–Crippen LogP) is 14.1. The van der Waals surface area contributed by atoms with Gasteiger partial charge in [0.2, 0.25) is 5.91 Å². The number of ether oxygens (including phenoxy) is 1. The van der Waals surface area contributed by atoms with Crippen LogP contribution in [0.2, 0.25) is 0 Å². The van der Waals surface area contributed by atoms with E-state index in [1.54, 1.807) is 0 Å². The molecule has 0 rings (SSSR count). The summed E-state index contributed by atoms with van der Waals surface area (Å²) in [5.74, 6) is 0.275. The van der Waals surface area contributed by atoms with Gasteiger partial charge in [-0.3, -0.25) is 4.79 Å². The first-order chi connectivity index (χ1) is 24.8. The molecule has 0 radical (unpaired) electrons. The highest BCUT2D eigenvalue weighted by atomic mass is 16.6. The van der Waals surface area contributed by atoms with Crippen LogP contribution in [0.15, 0.2) is 48.6 Å². The summed E-state index contributed by atoms with van der Waals surface area (Å²) in [5.41, 5.74) is -0.495. The molecule has 0 atom stereocenters. The van der Waals surface area contributed by atoms with Crippen molar-refractivity contribution in [1.29, 1.82) is 0 Å². The van der Waals surface area contributed by atoms with Crippen LogP contribution in [0.3, 0.4) is 0 Å². The lowest BCUT2D eigenvalue weighted by atomic mass is 10.1. The van der Waals surface area contributed by atoms with E-state index in [9.17, 15) is 9.59 Å². The average Bonchev–Trinajstić information content (AvgIpc) is 3.09. The quantitative estimate of drug-likeness (QED) is 0.0526. The van der Waals surface area contributed by atoms with Gasteiger partial charge in [-0.25, -0.2) is 4.79 Å².